The van der Waals surface area contributed by atoms with E-state index in [1.807, 2.05) is 12.2 Å². The van der Waals surface area contributed by atoms with Crippen LogP contribution in [0.5, 0.6) is 0 Å². The van der Waals surface area contributed by atoms with Crippen LogP contribution in [0.4, 0.5) is 0 Å². The number of phosphoric acid groups is 1. The predicted molar refractivity (Wildman–Crippen MR) is 248 cm³/mol. The maximum Gasteiger partial charge on any atom is 0.469 e. The summed E-state index contributed by atoms with van der Waals surface area (Å²) in [6.07, 6.45) is 59.4. The molecule has 0 heterocycles. The summed E-state index contributed by atoms with van der Waals surface area (Å²) in [5, 5.41) is 0. The van der Waals surface area contributed by atoms with Crippen molar-refractivity contribution >= 4 is 19.8 Å². The first kappa shape index (κ1) is 56.5. The van der Waals surface area contributed by atoms with Gasteiger partial charge in [0.25, 0.3) is 0 Å². The van der Waals surface area contributed by atoms with E-state index in [1.54, 1.807) is 0 Å². The molecule has 0 rings (SSSR count). The number of ether oxygens (including phenoxy) is 2. The lowest BCUT2D eigenvalue weighted by Gasteiger charge is -2.18. The van der Waals surface area contributed by atoms with Gasteiger partial charge in [0.15, 0.2) is 6.10 Å². The van der Waals surface area contributed by atoms with Crippen LogP contribution in [0, 0.1) is 0 Å². The molecule has 0 aromatic carbocycles. The quantitative estimate of drug-likeness (QED) is 0.0269. The second-order valence-corrected chi connectivity index (χ2v) is 16.9. The molecule has 0 spiro atoms. The van der Waals surface area contributed by atoms with Gasteiger partial charge in [-0.25, -0.2) is 4.57 Å². The molecular weight excluding hydrogens is 760 g/mol. The number of phosphoric ester groups is 1. The zero-order valence-electron chi connectivity index (χ0n) is 37.6. The lowest BCUT2D eigenvalue weighted by molar-refractivity contribution is -0.161. The maximum absolute atomic E-state index is 12.4. The van der Waals surface area contributed by atoms with Crippen LogP contribution in [0.25, 0.3) is 0 Å². The zero-order valence-corrected chi connectivity index (χ0v) is 38.5. The van der Waals surface area contributed by atoms with Gasteiger partial charge in [-0.3, -0.25) is 14.1 Å². The highest BCUT2D eigenvalue weighted by Gasteiger charge is 2.22. The van der Waals surface area contributed by atoms with Crippen molar-refractivity contribution in [2.75, 3.05) is 13.2 Å². The Morgan fingerprint density at radius 1 is 0.458 bits per heavy atom. The molecule has 0 saturated heterocycles. The summed E-state index contributed by atoms with van der Waals surface area (Å²) in [7, 11) is -4.78. The molecule has 340 valence electrons. The van der Waals surface area contributed by atoms with Crippen LogP contribution < -0.4 is 0 Å². The number of carbonyl (C=O) groups is 2. The number of hydrogen-bond donors (Lipinski definition) is 2. The Morgan fingerprint density at radius 2 is 0.814 bits per heavy atom. The third-order valence-electron chi connectivity index (χ3n) is 10.0. The summed E-state index contributed by atoms with van der Waals surface area (Å²) < 4.78 is 26.4. The number of unbranched alkanes of at least 4 members (excludes halogenated alkanes) is 21. The van der Waals surface area contributed by atoms with Gasteiger partial charge < -0.3 is 19.3 Å². The van der Waals surface area contributed by atoms with Crippen LogP contribution in [-0.4, -0.2) is 41.0 Å². The van der Waals surface area contributed by atoms with Crippen molar-refractivity contribution in [3.63, 3.8) is 0 Å². The average Bonchev–Trinajstić information content (AvgIpc) is 3.21. The van der Waals surface area contributed by atoms with Crippen molar-refractivity contribution in [2.24, 2.45) is 0 Å². The van der Waals surface area contributed by atoms with Crippen molar-refractivity contribution in [3.05, 3.63) is 72.9 Å². The number of allylic oxidation sites excluding steroid dienone is 12. The smallest absolute Gasteiger partial charge is 0.462 e. The second-order valence-electron chi connectivity index (χ2n) is 15.7. The zero-order chi connectivity index (χ0) is 43.2. The number of rotatable bonds is 43. The molecule has 0 radical (unpaired) electrons. The summed E-state index contributed by atoms with van der Waals surface area (Å²) >= 11 is 0. The molecule has 59 heavy (non-hydrogen) atoms. The van der Waals surface area contributed by atoms with E-state index in [9.17, 15) is 14.2 Å². The molecule has 0 saturated carbocycles. The predicted octanol–water partition coefficient (Wildman–Crippen LogP) is 15.0. The largest absolute Gasteiger partial charge is 0.469 e. The van der Waals surface area contributed by atoms with Crippen LogP contribution >= 0.6 is 7.82 Å². The van der Waals surface area contributed by atoms with Crippen molar-refractivity contribution in [1.29, 1.82) is 0 Å². The highest BCUT2D eigenvalue weighted by Crippen LogP contribution is 2.36. The third-order valence-corrected chi connectivity index (χ3v) is 10.5. The molecule has 1 atom stereocenters. The van der Waals surface area contributed by atoms with Crippen molar-refractivity contribution in [3.8, 4) is 0 Å². The average molecular weight is 847 g/mol. The SMILES string of the molecule is CC/C=C\C/C=C\C/C=C\C/C=C\C/C=C\C/C=C\CCC(=O)OC(COC(=O)CCCCCCCCCCCCCCCCCCCCCCCC)COP(=O)(O)O. The molecule has 0 aliphatic carbocycles. The second kappa shape index (κ2) is 45.0. The highest BCUT2D eigenvalue weighted by molar-refractivity contribution is 7.46. The third kappa shape index (κ3) is 48.0. The van der Waals surface area contributed by atoms with Gasteiger partial charge in [0, 0.05) is 12.8 Å². The summed E-state index contributed by atoms with van der Waals surface area (Å²) in [5.74, 6) is -0.979. The fourth-order valence-electron chi connectivity index (χ4n) is 6.52. The van der Waals surface area contributed by atoms with Gasteiger partial charge in [-0.15, -0.1) is 0 Å². The summed E-state index contributed by atoms with van der Waals surface area (Å²) in [6, 6.07) is 0. The first-order valence-corrected chi connectivity index (χ1v) is 25.3. The lowest BCUT2D eigenvalue weighted by atomic mass is 10.0. The van der Waals surface area contributed by atoms with Gasteiger partial charge in [0.2, 0.25) is 0 Å². The Morgan fingerprint density at radius 3 is 1.19 bits per heavy atom. The van der Waals surface area contributed by atoms with Crippen LogP contribution in [-0.2, 0) is 28.2 Å². The monoisotopic (exact) mass is 847 g/mol. The summed E-state index contributed by atoms with van der Waals surface area (Å²) in [4.78, 5) is 43.0. The summed E-state index contributed by atoms with van der Waals surface area (Å²) in [5.41, 5.74) is 0. The minimum Gasteiger partial charge on any atom is -0.462 e. The highest BCUT2D eigenvalue weighted by atomic mass is 31.2. The van der Waals surface area contributed by atoms with E-state index in [0.29, 0.717) is 12.8 Å². The molecule has 0 aromatic rings. The normalized spacial score (nSPS) is 13.1. The van der Waals surface area contributed by atoms with E-state index in [4.69, 9.17) is 19.3 Å². The first-order chi connectivity index (χ1) is 28.8. The maximum atomic E-state index is 12.4. The van der Waals surface area contributed by atoms with E-state index in [2.05, 4.69) is 79.1 Å². The number of esters is 2. The Kier molecular flexibility index (Phi) is 43.1. The molecule has 8 nitrogen and oxygen atoms in total. The van der Waals surface area contributed by atoms with Crippen LogP contribution in [0.3, 0.4) is 0 Å². The van der Waals surface area contributed by atoms with Gasteiger partial charge in [-0.1, -0.05) is 222 Å². The van der Waals surface area contributed by atoms with Crippen molar-refractivity contribution in [2.45, 2.75) is 219 Å². The first-order valence-electron chi connectivity index (χ1n) is 23.7. The van der Waals surface area contributed by atoms with E-state index in [-0.39, 0.29) is 19.4 Å². The topological polar surface area (TPSA) is 119 Å². The van der Waals surface area contributed by atoms with Gasteiger partial charge >= 0.3 is 19.8 Å². The molecule has 1 unspecified atom stereocenters. The Labute approximate surface area is 361 Å². The van der Waals surface area contributed by atoms with Crippen LogP contribution in [0.15, 0.2) is 72.9 Å². The Balaban J connectivity index is 3.94. The van der Waals surface area contributed by atoms with Gasteiger partial charge in [0.1, 0.15) is 6.61 Å². The molecule has 2 N–H and O–H groups in total. The molecule has 0 aliphatic rings. The van der Waals surface area contributed by atoms with E-state index in [1.165, 1.54) is 122 Å². The number of hydrogen-bond acceptors (Lipinski definition) is 6. The van der Waals surface area contributed by atoms with Gasteiger partial charge in [-0.2, -0.15) is 0 Å². The van der Waals surface area contributed by atoms with Crippen LogP contribution in [0.2, 0.25) is 0 Å². The van der Waals surface area contributed by atoms with Crippen LogP contribution in [0.1, 0.15) is 213 Å². The molecular formula is C50H87O8P. The fourth-order valence-corrected chi connectivity index (χ4v) is 6.88. The van der Waals surface area contributed by atoms with Gasteiger partial charge in [-0.05, 0) is 51.4 Å². The minimum atomic E-state index is -4.78. The number of carbonyl (C=O) groups excluding carboxylic acids is 2. The van der Waals surface area contributed by atoms with Crippen molar-refractivity contribution in [1.82, 2.24) is 0 Å². The molecule has 9 heteroatoms. The fraction of sp³-hybridized carbons (Fsp3) is 0.720. The Hall–Kier alpha value is -2.51. The Bertz CT molecular complexity index is 1180. The van der Waals surface area contributed by atoms with E-state index >= 15 is 0 Å². The minimum absolute atomic E-state index is 0.0853. The van der Waals surface area contributed by atoms with Crippen molar-refractivity contribution < 1.29 is 37.9 Å². The molecule has 0 amide bonds. The van der Waals surface area contributed by atoms with E-state index in [0.717, 1.165) is 51.4 Å². The standard InChI is InChI=1S/C50H87O8P/c1-3-5-7-9-11-13-15-17-19-21-23-24-25-27-28-30-32-34-36-38-40-42-44-49(51)56-46-48(47-57-59(53,54)55)58-50(52)45-43-41-39-37-35-33-31-29-26-22-20-18-16-14-12-10-8-6-4-2/h6,8,12,14,18,20,26,29,33,35,39,41,48H,3-5,7,9-11,13,15-17,19,21-25,27-28,30-32,34,36-38,40,42-47H2,1-2H3,(H2,53,54,55)/b8-6-,14-12-,20-18-,29-26-,35-33-,41-39-. The molecule has 0 fully saturated rings. The van der Waals surface area contributed by atoms with Gasteiger partial charge in [0.05, 0.1) is 6.61 Å². The summed E-state index contributed by atoms with van der Waals surface area (Å²) in [6.45, 7) is 3.53. The molecule has 0 aliphatic heterocycles. The lowest BCUT2D eigenvalue weighted by Crippen LogP contribution is -2.29. The van der Waals surface area contributed by atoms with E-state index < -0.39 is 32.5 Å². The molecule has 0 aromatic heterocycles. The molecule has 0 bridgehead atoms.